The molecule has 6 heteroatoms. The van der Waals surface area contributed by atoms with Crippen LogP contribution in [0, 0.1) is 6.92 Å². The maximum atomic E-state index is 6.46. The standard InChI is InChI=1S/C28H24N4O2/c1-15-10-11-20(21-9-4-3-8-19(15)21)17-6-5-7-18(12-17)34-23-13-22-25(27(29)32-28(30)31-22)26-24(23)16(2)14-33-26/h3-13,16H,14H2,1-2H3,(H4,29,30,31,32). The number of hydrogen-bond donors (Lipinski definition) is 2. The SMILES string of the molecule is Cc1ccc(-c2cccc(Oc3cc4nc(N)nc(N)c4c4c3C(C)CO4)c2)c2ccccc12. The summed E-state index contributed by atoms with van der Waals surface area (Å²) in [5, 5.41) is 3.15. The third-order valence-corrected chi connectivity index (χ3v) is 6.47. The molecule has 0 radical (unpaired) electrons. The fourth-order valence-electron chi connectivity index (χ4n) is 4.85. The summed E-state index contributed by atoms with van der Waals surface area (Å²) >= 11 is 0. The van der Waals surface area contributed by atoms with E-state index in [1.54, 1.807) is 0 Å². The van der Waals surface area contributed by atoms with Gasteiger partial charge in [0.15, 0.2) is 0 Å². The van der Waals surface area contributed by atoms with Crippen molar-refractivity contribution >= 4 is 33.4 Å². The van der Waals surface area contributed by atoms with Crippen molar-refractivity contribution < 1.29 is 9.47 Å². The highest BCUT2D eigenvalue weighted by Gasteiger charge is 2.29. The Morgan fingerprint density at radius 1 is 0.941 bits per heavy atom. The van der Waals surface area contributed by atoms with Gasteiger partial charge < -0.3 is 20.9 Å². The number of nitrogens with zero attached hydrogens (tertiary/aromatic N) is 2. The summed E-state index contributed by atoms with van der Waals surface area (Å²) in [4.78, 5) is 8.49. The number of nitrogens with two attached hydrogens (primary N) is 2. The number of ether oxygens (including phenoxy) is 2. The molecule has 0 amide bonds. The zero-order valence-electron chi connectivity index (χ0n) is 19.0. The van der Waals surface area contributed by atoms with E-state index in [0.717, 1.165) is 16.9 Å². The second-order valence-electron chi connectivity index (χ2n) is 8.80. The molecule has 0 spiro atoms. The second-order valence-corrected chi connectivity index (χ2v) is 8.80. The van der Waals surface area contributed by atoms with Gasteiger partial charge in [0.1, 0.15) is 23.1 Å². The van der Waals surface area contributed by atoms with Gasteiger partial charge in [0, 0.05) is 17.5 Å². The van der Waals surface area contributed by atoms with Crippen LogP contribution in [0.1, 0.15) is 24.0 Å². The molecule has 1 aliphatic rings. The zero-order valence-corrected chi connectivity index (χ0v) is 19.0. The van der Waals surface area contributed by atoms with Crippen LogP contribution in [0.15, 0.2) is 66.7 Å². The summed E-state index contributed by atoms with van der Waals surface area (Å²) in [6.45, 7) is 4.79. The minimum absolute atomic E-state index is 0.121. The smallest absolute Gasteiger partial charge is 0.222 e. The molecule has 1 atom stereocenters. The number of rotatable bonds is 3. The first kappa shape index (κ1) is 20.3. The number of hydrogen-bond acceptors (Lipinski definition) is 6. The summed E-state index contributed by atoms with van der Waals surface area (Å²) < 4.78 is 12.5. The lowest BCUT2D eigenvalue weighted by Gasteiger charge is -2.15. The topological polar surface area (TPSA) is 96.3 Å². The summed E-state index contributed by atoms with van der Waals surface area (Å²) in [7, 11) is 0. The van der Waals surface area contributed by atoms with E-state index >= 15 is 0 Å². The average Bonchev–Trinajstić information content (AvgIpc) is 3.21. The van der Waals surface area contributed by atoms with Crippen LogP contribution in [0.5, 0.6) is 17.2 Å². The molecule has 0 saturated carbocycles. The molecule has 6 rings (SSSR count). The van der Waals surface area contributed by atoms with Gasteiger partial charge in [-0.25, -0.2) is 4.98 Å². The number of nitrogen functional groups attached to an aromatic ring is 2. The number of aryl methyl sites for hydroxylation is 1. The molecule has 168 valence electrons. The highest BCUT2D eigenvalue weighted by molar-refractivity contribution is 5.99. The van der Waals surface area contributed by atoms with Crippen molar-refractivity contribution in [3.05, 3.63) is 77.9 Å². The molecule has 0 bridgehead atoms. The van der Waals surface area contributed by atoms with E-state index in [1.165, 1.54) is 21.9 Å². The van der Waals surface area contributed by atoms with Crippen LogP contribution in [0.25, 0.3) is 32.8 Å². The molecular formula is C28H24N4O2. The van der Waals surface area contributed by atoms with E-state index in [0.29, 0.717) is 34.8 Å². The lowest BCUT2D eigenvalue weighted by atomic mass is 9.95. The Morgan fingerprint density at radius 3 is 2.62 bits per heavy atom. The first-order chi connectivity index (χ1) is 16.5. The molecule has 0 saturated heterocycles. The third kappa shape index (κ3) is 3.18. The van der Waals surface area contributed by atoms with Crippen molar-refractivity contribution in [3.8, 4) is 28.4 Å². The van der Waals surface area contributed by atoms with E-state index in [9.17, 15) is 0 Å². The monoisotopic (exact) mass is 448 g/mol. The molecule has 0 fully saturated rings. The zero-order chi connectivity index (χ0) is 23.4. The molecule has 6 nitrogen and oxygen atoms in total. The summed E-state index contributed by atoms with van der Waals surface area (Å²) in [6, 6.07) is 22.8. The van der Waals surface area contributed by atoms with Crippen LogP contribution >= 0.6 is 0 Å². The van der Waals surface area contributed by atoms with Gasteiger partial charge in [-0.2, -0.15) is 4.98 Å². The normalized spacial score (nSPS) is 14.8. The van der Waals surface area contributed by atoms with Crippen LogP contribution in [-0.2, 0) is 0 Å². The molecule has 0 aliphatic carbocycles. The quantitative estimate of drug-likeness (QED) is 0.341. The largest absolute Gasteiger partial charge is 0.492 e. The van der Waals surface area contributed by atoms with E-state index in [2.05, 4.69) is 72.3 Å². The first-order valence-electron chi connectivity index (χ1n) is 11.3. The molecule has 5 aromatic rings. The lowest BCUT2D eigenvalue weighted by Crippen LogP contribution is -2.02. The highest BCUT2D eigenvalue weighted by Crippen LogP contribution is 2.48. The minimum Gasteiger partial charge on any atom is -0.492 e. The first-order valence-corrected chi connectivity index (χ1v) is 11.3. The average molecular weight is 449 g/mol. The number of benzene rings is 4. The Kier molecular flexibility index (Phi) is 4.55. The van der Waals surface area contributed by atoms with E-state index < -0.39 is 0 Å². The molecule has 4 N–H and O–H groups in total. The maximum absolute atomic E-state index is 6.46. The number of anilines is 2. The molecule has 1 aliphatic heterocycles. The van der Waals surface area contributed by atoms with Crippen LogP contribution in [0.4, 0.5) is 11.8 Å². The van der Waals surface area contributed by atoms with Gasteiger partial charge in [-0.05, 0) is 46.5 Å². The predicted octanol–water partition coefficient (Wildman–Crippen LogP) is 6.21. The molecule has 1 aromatic heterocycles. The summed E-state index contributed by atoms with van der Waals surface area (Å²) in [5.74, 6) is 2.69. The Hall–Kier alpha value is -4.32. The van der Waals surface area contributed by atoms with Crippen molar-refractivity contribution in [1.29, 1.82) is 0 Å². The number of aromatic nitrogens is 2. The Bertz CT molecular complexity index is 1600. The van der Waals surface area contributed by atoms with E-state index in [-0.39, 0.29) is 11.9 Å². The molecule has 34 heavy (non-hydrogen) atoms. The maximum Gasteiger partial charge on any atom is 0.222 e. The Labute approximate surface area is 197 Å². The summed E-state index contributed by atoms with van der Waals surface area (Å²) in [5.41, 5.74) is 17.1. The van der Waals surface area contributed by atoms with Gasteiger partial charge in [-0.3, -0.25) is 0 Å². The summed E-state index contributed by atoms with van der Waals surface area (Å²) in [6.07, 6.45) is 0. The van der Waals surface area contributed by atoms with Crippen molar-refractivity contribution in [2.24, 2.45) is 0 Å². The Morgan fingerprint density at radius 2 is 1.76 bits per heavy atom. The fourth-order valence-corrected chi connectivity index (χ4v) is 4.85. The van der Waals surface area contributed by atoms with E-state index in [1.807, 2.05) is 18.2 Å². The van der Waals surface area contributed by atoms with Crippen molar-refractivity contribution in [2.45, 2.75) is 19.8 Å². The van der Waals surface area contributed by atoms with Gasteiger partial charge >= 0.3 is 0 Å². The van der Waals surface area contributed by atoms with Crippen LogP contribution in [0.3, 0.4) is 0 Å². The second kappa shape index (κ2) is 7.63. The molecule has 1 unspecified atom stereocenters. The van der Waals surface area contributed by atoms with Crippen LogP contribution in [0.2, 0.25) is 0 Å². The van der Waals surface area contributed by atoms with Gasteiger partial charge in [-0.15, -0.1) is 0 Å². The lowest BCUT2D eigenvalue weighted by molar-refractivity contribution is 0.340. The highest BCUT2D eigenvalue weighted by atomic mass is 16.5. The predicted molar refractivity (Wildman–Crippen MR) is 136 cm³/mol. The van der Waals surface area contributed by atoms with Gasteiger partial charge in [0.2, 0.25) is 5.95 Å². The van der Waals surface area contributed by atoms with Gasteiger partial charge in [0.05, 0.1) is 17.5 Å². The fraction of sp³-hybridized carbons (Fsp3) is 0.143. The minimum atomic E-state index is 0.121. The molecule has 2 heterocycles. The molecular weight excluding hydrogens is 424 g/mol. The Balaban J connectivity index is 1.47. The van der Waals surface area contributed by atoms with Crippen molar-refractivity contribution in [1.82, 2.24) is 9.97 Å². The van der Waals surface area contributed by atoms with Crippen molar-refractivity contribution in [3.63, 3.8) is 0 Å². The van der Waals surface area contributed by atoms with Gasteiger partial charge in [0.25, 0.3) is 0 Å². The van der Waals surface area contributed by atoms with Gasteiger partial charge in [-0.1, -0.05) is 55.5 Å². The van der Waals surface area contributed by atoms with Crippen LogP contribution < -0.4 is 20.9 Å². The van der Waals surface area contributed by atoms with Crippen molar-refractivity contribution in [2.75, 3.05) is 18.1 Å². The molecule has 4 aromatic carbocycles. The van der Waals surface area contributed by atoms with Crippen LogP contribution in [-0.4, -0.2) is 16.6 Å². The van der Waals surface area contributed by atoms with E-state index in [4.69, 9.17) is 20.9 Å². The number of fused-ring (bicyclic) bond motifs is 4. The third-order valence-electron chi connectivity index (χ3n) is 6.47.